The molecule has 0 aliphatic rings. The highest BCUT2D eigenvalue weighted by Crippen LogP contribution is 2.27. The predicted molar refractivity (Wildman–Crippen MR) is 65.1 cm³/mol. The molecule has 0 amide bonds. The molecule has 1 unspecified atom stereocenters. The minimum atomic E-state index is -3.43. The first kappa shape index (κ1) is 13.5. The summed E-state index contributed by atoms with van der Waals surface area (Å²) in [7, 11) is -3.43. The molecule has 16 heavy (non-hydrogen) atoms. The number of benzene rings is 1. The van der Waals surface area contributed by atoms with E-state index >= 15 is 0 Å². The van der Waals surface area contributed by atoms with Gasteiger partial charge in [0, 0.05) is 11.8 Å². The van der Waals surface area contributed by atoms with Crippen molar-refractivity contribution in [1.29, 1.82) is 0 Å². The number of Topliss-reactive ketones (excluding diaryl/α,β-unsaturated/α-hetero) is 1. The summed E-state index contributed by atoms with van der Waals surface area (Å²) in [5.74, 6) is -0.546. The smallest absolute Gasteiger partial charge is 0.182 e. The van der Waals surface area contributed by atoms with Crippen LogP contribution < -0.4 is 0 Å². The maximum atomic E-state index is 11.8. The molecule has 0 fully saturated rings. The van der Waals surface area contributed by atoms with Crippen molar-refractivity contribution in [3.8, 4) is 0 Å². The van der Waals surface area contributed by atoms with Gasteiger partial charge in [-0.15, -0.1) is 0 Å². The number of carbonyl (C=O) groups excluding carboxylic acids is 1. The van der Waals surface area contributed by atoms with Gasteiger partial charge in [0.15, 0.2) is 15.6 Å². The number of hydrogen-bond donors (Lipinski definition) is 0. The fourth-order valence-electron chi connectivity index (χ4n) is 1.11. The molecule has 0 N–H and O–H groups in total. The highest BCUT2D eigenvalue weighted by atomic mass is 35.5. The van der Waals surface area contributed by atoms with Crippen molar-refractivity contribution >= 4 is 38.8 Å². The van der Waals surface area contributed by atoms with Gasteiger partial charge in [-0.3, -0.25) is 4.79 Å². The quantitative estimate of drug-likeness (QED) is 0.800. The Morgan fingerprint density at radius 1 is 1.31 bits per heavy atom. The molecule has 1 aromatic carbocycles. The van der Waals surface area contributed by atoms with E-state index < -0.39 is 20.9 Å². The van der Waals surface area contributed by atoms with Crippen LogP contribution in [0.4, 0.5) is 0 Å². The first-order valence-electron chi connectivity index (χ1n) is 4.42. The molecule has 0 saturated carbocycles. The molecule has 0 bridgehead atoms. The molecule has 0 aliphatic carbocycles. The number of hydrogen-bond acceptors (Lipinski definition) is 3. The number of carbonyl (C=O) groups is 1. The summed E-state index contributed by atoms with van der Waals surface area (Å²) in [6.45, 7) is 1.33. The molecular formula is C10H10Cl2O3S. The van der Waals surface area contributed by atoms with E-state index in [-0.39, 0.29) is 15.6 Å². The van der Waals surface area contributed by atoms with Gasteiger partial charge in [-0.1, -0.05) is 29.3 Å². The summed E-state index contributed by atoms with van der Waals surface area (Å²) in [6.07, 6.45) is 1.01. The van der Waals surface area contributed by atoms with Crippen LogP contribution in [0.2, 0.25) is 10.0 Å². The van der Waals surface area contributed by atoms with E-state index in [1.54, 1.807) is 6.07 Å². The first-order valence-corrected chi connectivity index (χ1v) is 7.13. The molecule has 3 nitrogen and oxygen atoms in total. The van der Waals surface area contributed by atoms with Gasteiger partial charge < -0.3 is 0 Å². The monoisotopic (exact) mass is 280 g/mol. The number of ketones is 1. The third kappa shape index (κ3) is 2.75. The van der Waals surface area contributed by atoms with Gasteiger partial charge in [0.05, 0.1) is 10.0 Å². The summed E-state index contributed by atoms with van der Waals surface area (Å²) >= 11 is 11.6. The van der Waals surface area contributed by atoms with E-state index in [0.717, 1.165) is 6.26 Å². The van der Waals surface area contributed by atoms with Crippen LogP contribution >= 0.6 is 23.2 Å². The summed E-state index contributed by atoms with van der Waals surface area (Å²) in [4.78, 5) is 11.8. The van der Waals surface area contributed by atoms with Crippen LogP contribution in [0, 0.1) is 0 Å². The zero-order valence-electron chi connectivity index (χ0n) is 8.70. The summed E-state index contributed by atoms with van der Waals surface area (Å²) in [5.41, 5.74) is 0.132. The molecule has 0 aliphatic heterocycles. The van der Waals surface area contributed by atoms with Crippen LogP contribution in [-0.2, 0) is 9.84 Å². The minimum absolute atomic E-state index is 0.0877. The predicted octanol–water partition coefficient (Wildman–Crippen LogP) is 2.61. The van der Waals surface area contributed by atoms with E-state index in [2.05, 4.69) is 0 Å². The standard InChI is InChI=1S/C10H10Cl2O3S/c1-6(16(2,14)15)10(13)7-4-3-5-8(11)9(7)12/h3-6H,1-2H3. The second-order valence-electron chi connectivity index (χ2n) is 3.44. The van der Waals surface area contributed by atoms with E-state index in [4.69, 9.17) is 23.2 Å². The Kier molecular flexibility index (Phi) is 3.99. The summed E-state index contributed by atoms with van der Waals surface area (Å²) in [5, 5.41) is -0.804. The Hall–Kier alpha value is -0.580. The Morgan fingerprint density at radius 2 is 1.88 bits per heavy atom. The van der Waals surface area contributed by atoms with Crippen molar-refractivity contribution in [2.24, 2.45) is 0 Å². The Morgan fingerprint density at radius 3 is 2.38 bits per heavy atom. The molecule has 1 rings (SSSR count). The fraction of sp³-hybridized carbons (Fsp3) is 0.300. The van der Waals surface area contributed by atoms with Crippen molar-refractivity contribution in [2.45, 2.75) is 12.2 Å². The third-order valence-corrected chi connectivity index (χ3v) is 4.55. The van der Waals surface area contributed by atoms with Crippen LogP contribution in [0.3, 0.4) is 0 Å². The maximum absolute atomic E-state index is 11.8. The largest absolute Gasteiger partial charge is 0.293 e. The van der Waals surface area contributed by atoms with Gasteiger partial charge in [0.1, 0.15) is 5.25 Å². The topological polar surface area (TPSA) is 51.2 Å². The van der Waals surface area contributed by atoms with Gasteiger partial charge in [-0.25, -0.2) is 8.42 Å². The van der Waals surface area contributed by atoms with E-state index in [0.29, 0.717) is 0 Å². The molecule has 0 radical (unpaired) electrons. The normalized spacial score (nSPS) is 13.5. The van der Waals surface area contributed by atoms with Crippen LogP contribution in [-0.4, -0.2) is 25.7 Å². The molecule has 0 saturated heterocycles. The molecule has 88 valence electrons. The lowest BCUT2D eigenvalue weighted by molar-refractivity contribution is 0.0992. The maximum Gasteiger partial charge on any atom is 0.182 e. The third-order valence-electron chi connectivity index (χ3n) is 2.23. The lowest BCUT2D eigenvalue weighted by Gasteiger charge is -2.10. The molecular weight excluding hydrogens is 271 g/mol. The van der Waals surface area contributed by atoms with Crippen LogP contribution in [0.15, 0.2) is 18.2 Å². The van der Waals surface area contributed by atoms with Crippen molar-refractivity contribution in [1.82, 2.24) is 0 Å². The zero-order chi connectivity index (χ0) is 12.5. The van der Waals surface area contributed by atoms with Crippen LogP contribution in [0.5, 0.6) is 0 Å². The van der Waals surface area contributed by atoms with Crippen LogP contribution in [0.1, 0.15) is 17.3 Å². The second-order valence-corrected chi connectivity index (χ2v) is 6.59. The number of rotatable bonds is 3. The molecule has 0 spiro atoms. The minimum Gasteiger partial charge on any atom is -0.293 e. The van der Waals surface area contributed by atoms with Crippen molar-refractivity contribution in [2.75, 3.05) is 6.26 Å². The Bertz CT molecular complexity index is 523. The number of halogens is 2. The van der Waals surface area contributed by atoms with Gasteiger partial charge in [-0.05, 0) is 19.1 Å². The van der Waals surface area contributed by atoms with Crippen molar-refractivity contribution in [3.05, 3.63) is 33.8 Å². The average molecular weight is 281 g/mol. The van der Waals surface area contributed by atoms with Crippen molar-refractivity contribution in [3.63, 3.8) is 0 Å². The Balaban J connectivity index is 3.21. The van der Waals surface area contributed by atoms with E-state index in [1.807, 2.05) is 0 Å². The Labute approximate surface area is 104 Å². The molecule has 0 aromatic heterocycles. The van der Waals surface area contributed by atoms with E-state index in [9.17, 15) is 13.2 Å². The molecule has 0 heterocycles. The highest BCUT2D eigenvalue weighted by molar-refractivity contribution is 7.92. The first-order chi connectivity index (χ1) is 7.25. The van der Waals surface area contributed by atoms with Gasteiger partial charge in [0.2, 0.25) is 0 Å². The average Bonchev–Trinajstić information content (AvgIpc) is 2.18. The lowest BCUT2D eigenvalue weighted by atomic mass is 10.1. The van der Waals surface area contributed by atoms with Gasteiger partial charge in [0.25, 0.3) is 0 Å². The fourth-order valence-corrected chi connectivity index (χ4v) is 2.02. The van der Waals surface area contributed by atoms with E-state index in [1.165, 1.54) is 19.1 Å². The lowest BCUT2D eigenvalue weighted by Crippen LogP contribution is -2.26. The summed E-state index contributed by atoms with van der Waals surface area (Å²) < 4.78 is 22.5. The molecule has 1 atom stereocenters. The number of sulfone groups is 1. The molecule has 6 heteroatoms. The molecule has 1 aromatic rings. The summed E-state index contributed by atoms with van der Waals surface area (Å²) in [6, 6.07) is 4.54. The zero-order valence-corrected chi connectivity index (χ0v) is 11.0. The second kappa shape index (κ2) is 4.73. The van der Waals surface area contributed by atoms with Gasteiger partial charge in [-0.2, -0.15) is 0 Å². The van der Waals surface area contributed by atoms with Crippen LogP contribution in [0.25, 0.3) is 0 Å². The highest BCUT2D eigenvalue weighted by Gasteiger charge is 2.26. The SMILES string of the molecule is CC(C(=O)c1cccc(Cl)c1Cl)S(C)(=O)=O. The van der Waals surface area contributed by atoms with Gasteiger partial charge >= 0.3 is 0 Å². The van der Waals surface area contributed by atoms with Crippen molar-refractivity contribution < 1.29 is 13.2 Å².